The molecular weight excluding hydrogens is 260 g/mol. The third-order valence-electron chi connectivity index (χ3n) is 1.57. The Morgan fingerprint density at radius 3 is 2.93 bits per heavy atom. The predicted molar refractivity (Wildman–Crippen MR) is 48.3 cm³/mol. The lowest BCUT2D eigenvalue weighted by molar-refractivity contribution is -0.0494. The van der Waals surface area contributed by atoms with E-state index in [0.29, 0.717) is 5.52 Å². The summed E-state index contributed by atoms with van der Waals surface area (Å²) >= 11 is 3.00. The molecule has 0 N–H and O–H groups in total. The zero-order valence-corrected chi connectivity index (χ0v) is 8.29. The lowest BCUT2D eigenvalue weighted by Crippen LogP contribution is -2.01. The van der Waals surface area contributed by atoms with Crippen molar-refractivity contribution < 1.29 is 17.9 Å². The molecule has 0 spiro atoms. The quantitative estimate of drug-likeness (QED) is 0.835. The van der Waals surface area contributed by atoms with E-state index < -0.39 is 6.61 Å². The summed E-state index contributed by atoms with van der Waals surface area (Å²) in [6.07, 6.45) is 0. The predicted octanol–water partition coefficient (Wildman–Crippen LogP) is 3.19. The molecule has 1 aromatic heterocycles. The molecule has 0 aliphatic rings. The number of halogens is 3. The van der Waals surface area contributed by atoms with Crippen LogP contribution in [0.2, 0.25) is 0 Å². The van der Waals surface area contributed by atoms with Crippen molar-refractivity contribution in [3.05, 3.63) is 23.0 Å². The van der Waals surface area contributed by atoms with Crippen molar-refractivity contribution in [2.24, 2.45) is 0 Å². The minimum absolute atomic E-state index is 0.0179. The van der Waals surface area contributed by atoms with Gasteiger partial charge < -0.3 is 9.15 Å². The monoisotopic (exact) mass is 263 g/mol. The lowest BCUT2D eigenvalue weighted by atomic mass is 10.3. The molecule has 0 atom stereocenters. The fourth-order valence-electron chi connectivity index (χ4n) is 1.09. The van der Waals surface area contributed by atoms with Crippen molar-refractivity contribution in [2.45, 2.75) is 6.61 Å². The third kappa shape index (κ3) is 1.70. The van der Waals surface area contributed by atoms with Crippen LogP contribution in [-0.4, -0.2) is 11.6 Å². The van der Waals surface area contributed by atoms with Crippen LogP contribution < -0.4 is 4.74 Å². The minimum atomic E-state index is -2.87. The Morgan fingerprint density at radius 2 is 2.21 bits per heavy atom. The topological polar surface area (TPSA) is 35.3 Å². The van der Waals surface area contributed by atoms with Gasteiger partial charge in [0.15, 0.2) is 11.3 Å². The number of para-hydroxylation sites is 1. The molecule has 1 heterocycles. The molecule has 1 aromatic carbocycles. The molecule has 6 heteroatoms. The highest BCUT2D eigenvalue weighted by atomic mass is 79.9. The summed E-state index contributed by atoms with van der Waals surface area (Å²) in [6, 6.07) is 4.60. The largest absolute Gasteiger partial charge is 0.431 e. The Morgan fingerprint density at radius 1 is 1.43 bits per heavy atom. The van der Waals surface area contributed by atoms with Crippen LogP contribution in [0.1, 0.15) is 0 Å². The fourth-order valence-corrected chi connectivity index (χ4v) is 1.44. The molecule has 2 aromatic rings. The summed E-state index contributed by atoms with van der Waals surface area (Å²) in [5.74, 6) is -0.0179. The van der Waals surface area contributed by atoms with Crippen LogP contribution in [0.3, 0.4) is 0 Å². The van der Waals surface area contributed by atoms with Crippen molar-refractivity contribution >= 4 is 27.0 Å². The molecular formula is C8H4BrF2NO2. The van der Waals surface area contributed by atoms with E-state index in [0.717, 1.165) is 0 Å². The van der Waals surface area contributed by atoms with Crippen molar-refractivity contribution in [1.82, 2.24) is 4.98 Å². The number of rotatable bonds is 2. The maximum Gasteiger partial charge on any atom is 0.387 e. The van der Waals surface area contributed by atoms with Gasteiger partial charge in [0.1, 0.15) is 5.52 Å². The summed E-state index contributed by atoms with van der Waals surface area (Å²) in [5, 5.41) is 0. The SMILES string of the molecule is FC(F)Oc1cccc2nc(Br)oc12. The molecule has 0 saturated heterocycles. The van der Waals surface area contributed by atoms with Gasteiger partial charge in [-0.05, 0) is 12.1 Å². The van der Waals surface area contributed by atoms with E-state index in [-0.39, 0.29) is 16.1 Å². The second-order valence-corrected chi connectivity index (χ2v) is 3.13. The maximum absolute atomic E-state index is 12.0. The first-order chi connectivity index (χ1) is 6.66. The van der Waals surface area contributed by atoms with Crippen LogP contribution in [0.5, 0.6) is 5.75 Å². The molecule has 0 bridgehead atoms. The van der Waals surface area contributed by atoms with Gasteiger partial charge in [0, 0.05) is 15.9 Å². The molecule has 0 amide bonds. The Kier molecular flexibility index (Phi) is 2.37. The van der Waals surface area contributed by atoms with Gasteiger partial charge in [0.05, 0.1) is 0 Å². The van der Waals surface area contributed by atoms with Crippen LogP contribution >= 0.6 is 15.9 Å². The van der Waals surface area contributed by atoms with E-state index in [1.165, 1.54) is 6.07 Å². The molecule has 14 heavy (non-hydrogen) atoms. The average molecular weight is 264 g/mol. The first-order valence-corrected chi connectivity index (χ1v) is 4.46. The van der Waals surface area contributed by atoms with E-state index in [2.05, 4.69) is 25.7 Å². The Labute approximate surface area is 85.8 Å². The molecule has 0 fully saturated rings. The standard InChI is InChI=1S/C8H4BrF2NO2/c9-7-12-4-2-1-3-5(6(4)14-7)13-8(10)11/h1-3,8H. The molecule has 0 radical (unpaired) electrons. The summed E-state index contributed by atoms with van der Waals surface area (Å²) in [4.78, 5) is 4.14. The molecule has 3 nitrogen and oxygen atoms in total. The van der Waals surface area contributed by atoms with Crippen molar-refractivity contribution in [2.75, 3.05) is 0 Å². The average Bonchev–Trinajstić information content (AvgIpc) is 2.45. The second-order valence-electron chi connectivity index (χ2n) is 2.45. The normalized spacial score (nSPS) is 11.1. The van der Waals surface area contributed by atoms with Crippen molar-refractivity contribution in [3.8, 4) is 5.75 Å². The summed E-state index contributed by atoms with van der Waals surface area (Å²) in [5.41, 5.74) is 0.676. The number of benzene rings is 1. The highest BCUT2D eigenvalue weighted by Crippen LogP contribution is 2.29. The fraction of sp³-hybridized carbons (Fsp3) is 0.125. The number of hydrogen-bond acceptors (Lipinski definition) is 3. The van der Waals surface area contributed by atoms with Gasteiger partial charge in [-0.15, -0.1) is 0 Å². The van der Waals surface area contributed by atoms with Gasteiger partial charge in [0.2, 0.25) is 0 Å². The summed E-state index contributed by atoms with van der Waals surface area (Å²) in [6.45, 7) is -2.87. The van der Waals surface area contributed by atoms with Crippen LogP contribution in [0, 0.1) is 0 Å². The first kappa shape index (κ1) is 9.39. The van der Waals surface area contributed by atoms with E-state index in [1.54, 1.807) is 12.1 Å². The van der Waals surface area contributed by atoms with Crippen LogP contribution in [0.4, 0.5) is 8.78 Å². The third-order valence-corrected chi connectivity index (χ3v) is 1.91. The van der Waals surface area contributed by atoms with E-state index >= 15 is 0 Å². The highest BCUT2D eigenvalue weighted by molar-refractivity contribution is 9.10. The van der Waals surface area contributed by atoms with E-state index in [4.69, 9.17) is 4.42 Å². The van der Waals surface area contributed by atoms with Crippen LogP contribution in [-0.2, 0) is 0 Å². The molecule has 74 valence electrons. The van der Waals surface area contributed by atoms with Gasteiger partial charge in [-0.25, -0.2) is 4.98 Å². The number of ether oxygens (including phenoxy) is 1. The Bertz CT molecular complexity index is 458. The maximum atomic E-state index is 12.0. The van der Waals surface area contributed by atoms with E-state index in [9.17, 15) is 8.78 Å². The number of alkyl halides is 2. The van der Waals surface area contributed by atoms with Gasteiger partial charge >= 0.3 is 6.61 Å². The van der Waals surface area contributed by atoms with Gasteiger partial charge in [-0.3, -0.25) is 0 Å². The Balaban J connectivity index is 2.53. The van der Waals surface area contributed by atoms with Crippen molar-refractivity contribution in [1.29, 1.82) is 0 Å². The molecule has 0 saturated carbocycles. The first-order valence-electron chi connectivity index (χ1n) is 3.66. The molecule has 2 rings (SSSR count). The number of hydrogen-bond donors (Lipinski definition) is 0. The Hall–Kier alpha value is -1.17. The smallest absolute Gasteiger partial charge is 0.387 e. The summed E-state index contributed by atoms with van der Waals surface area (Å²) < 4.78 is 33.2. The molecule has 0 aliphatic carbocycles. The van der Waals surface area contributed by atoms with Crippen molar-refractivity contribution in [3.63, 3.8) is 0 Å². The molecule has 0 unspecified atom stereocenters. The summed E-state index contributed by atoms with van der Waals surface area (Å²) in [7, 11) is 0. The van der Waals surface area contributed by atoms with Crippen LogP contribution in [0.15, 0.2) is 27.4 Å². The zero-order valence-electron chi connectivity index (χ0n) is 6.71. The minimum Gasteiger partial charge on any atom is -0.431 e. The van der Waals surface area contributed by atoms with Gasteiger partial charge in [0.25, 0.3) is 4.80 Å². The second kappa shape index (κ2) is 3.53. The number of fused-ring (bicyclic) bond motifs is 1. The lowest BCUT2D eigenvalue weighted by Gasteiger charge is -2.02. The van der Waals surface area contributed by atoms with Crippen LogP contribution in [0.25, 0.3) is 11.1 Å². The van der Waals surface area contributed by atoms with Gasteiger partial charge in [-0.2, -0.15) is 8.78 Å². The molecule has 0 aliphatic heterocycles. The highest BCUT2D eigenvalue weighted by Gasteiger charge is 2.12. The van der Waals surface area contributed by atoms with E-state index in [1.807, 2.05) is 0 Å². The van der Waals surface area contributed by atoms with Gasteiger partial charge in [-0.1, -0.05) is 6.07 Å². The zero-order chi connectivity index (χ0) is 10.1. The number of oxazole rings is 1. The number of aromatic nitrogens is 1. The number of nitrogens with zero attached hydrogens (tertiary/aromatic N) is 1.